The van der Waals surface area contributed by atoms with Gasteiger partial charge in [0.2, 0.25) is 0 Å². The van der Waals surface area contributed by atoms with Crippen molar-refractivity contribution >= 4 is 11.9 Å². The molecule has 0 heterocycles. The lowest BCUT2D eigenvalue weighted by atomic mass is 10.1. The zero-order valence-corrected chi connectivity index (χ0v) is 33.4. The highest BCUT2D eigenvalue weighted by Crippen LogP contribution is 2.25. The third-order valence-electron chi connectivity index (χ3n) is 9.36. The minimum Gasteiger partial charge on any atom is -0.493 e. The van der Waals surface area contributed by atoms with Crippen molar-refractivity contribution in [2.24, 2.45) is 0 Å². The van der Waals surface area contributed by atoms with Crippen molar-refractivity contribution in [2.45, 2.75) is 186 Å². The largest absolute Gasteiger partial charge is 0.493 e. The normalized spacial score (nSPS) is 11.7. The van der Waals surface area contributed by atoms with E-state index in [2.05, 4.69) is 61.5 Å². The topological polar surface area (TPSA) is 96.3 Å². The van der Waals surface area contributed by atoms with Crippen molar-refractivity contribution in [1.82, 2.24) is 4.90 Å². The first-order valence-corrected chi connectivity index (χ1v) is 21.1. The minimum atomic E-state index is -0.681. The third-order valence-corrected chi connectivity index (χ3v) is 9.36. The Kier molecular flexibility index (Phi) is 32.0. The fourth-order valence-electron chi connectivity index (χ4n) is 6.39. The lowest BCUT2D eigenvalue weighted by Crippen LogP contribution is -2.11. The van der Waals surface area contributed by atoms with E-state index in [1.165, 1.54) is 108 Å². The summed E-state index contributed by atoms with van der Waals surface area (Å²) in [5, 5.41) is 17.3. The first-order valence-electron chi connectivity index (χ1n) is 21.1. The molecule has 0 radical (unpaired) electrons. The quantitative estimate of drug-likeness (QED) is 0.0517. The molecule has 1 aromatic rings. The summed E-state index contributed by atoms with van der Waals surface area (Å²) in [7, 11) is 4.19. The third kappa shape index (κ3) is 33.1. The monoisotopic (exact) mass is 728 g/mol. The van der Waals surface area contributed by atoms with Crippen molar-refractivity contribution in [2.75, 3.05) is 27.3 Å². The maximum absolute atomic E-state index is 10.5. The van der Waals surface area contributed by atoms with Crippen LogP contribution in [0.2, 0.25) is 0 Å². The average molecular weight is 728 g/mol. The molecule has 2 N–H and O–H groups in total. The van der Waals surface area contributed by atoms with Gasteiger partial charge in [0.05, 0.1) is 13.2 Å². The van der Waals surface area contributed by atoms with Crippen molar-refractivity contribution in [3.63, 3.8) is 0 Å². The highest BCUT2D eigenvalue weighted by atomic mass is 16.5. The predicted octanol–water partition coefficient (Wildman–Crippen LogP) is 12.7. The fraction of sp³-hybridized carbons (Fsp3) is 0.733. The Labute approximate surface area is 318 Å². The molecular weight excluding hydrogens is 650 g/mol. The van der Waals surface area contributed by atoms with Crippen LogP contribution >= 0.6 is 0 Å². The van der Waals surface area contributed by atoms with Crippen LogP contribution in [0.15, 0.2) is 42.5 Å². The second-order valence-corrected chi connectivity index (χ2v) is 14.9. The molecule has 0 aliphatic heterocycles. The SMILES string of the molecule is CN(C)Cc1cc(OCCCCCCCCCC=CCCCCCCC(=O)O)cc(OCCCCCCCCCC=CCCCCCCC(=O)O)c1. The van der Waals surface area contributed by atoms with Gasteiger partial charge in [-0.25, -0.2) is 0 Å². The van der Waals surface area contributed by atoms with Crippen LogP contribution in [0.4, 0.5) is 0 Å². The average Bonchev–Trinajstić information content (AvgIpc) is 3.10. The number of carboxylic acid groups (broad SMARTS) is 2. The second-order valence-electron chi connectivity index (χ2n) is 14.9. The van der Waals surface area contributed by atoms with Crippen LogP contribution < -0.4 is 9.47 Å². The fourth-order valence-corrected chi connectivity index (χ4v) is 6.39. The molecule has 0 saturated heterocycles. The van der Waals surface area contributed by atoms with Gasteiger partial charge in [-0.2, -0.15) is 0 Å². The van der Waals surface area contributed by atoms with Crippen LogP contribution in [-0.2, 0) is 16.1 Å². The Morgan fingerprint density at radius 3 is 1.12 bits per heavy atom. The summed E-state index contributed by atoms with van der Waals surface area (Å²) >= 11 is 0. The lowest BCUT2D eigenvalue weighted by molar-refractivity contribution is -0.138. The highest BCUT2D eigenvalue weighted by molar-refractivity contribution is 5.66. The predicted molar refractivity (Wildman–Crippen MR) is 218 cm³/mol. The molecule has 0 amide bonds. The van der Waals surface area contributed by atoms with E-state index in [0.717, 1.165) is 95.5 Å². The molecular formula is C45H77NO6. The van der Waals surface area contributed by atoms with Gasteiger partial charge in [-0.3, -0.25) is 9.59 Å². The lowest BCUT2D eigenvalue weighted by Gasteiger charge is -2.15. The van der Waals surface area contributed by atoms with Gasteiger partial charge in [0, 0.05) is 25.5 Å². The first kappa shape index (κ1) is 47.2. The van der Waals surface area contributed by atoms with Gasteiger partial charge in [0.15, 0.2) is 0 Å². The van der Waals surface area contributed by atoms with E-state index in [-0.39, 0.29) is 0 Å². The van der Waals surface area contributed by atoms with Crippen LogP contribution in [0.5, 0.6) is 11.5 Å². The zero-order chi connectivity index (χ0) is 37.7. The van der Waals surface area contributed by atoms with E-state index < -0.39 is 11.9 Å². The molecule has 0 unspecified atom stereocenters. The molecule has 7 heteroatoms. The summed E-state index contributed by atoms with van der Waals surface area (Å²) in [5.41, 5.74) is 1.23. The number of nitrogens with zero attached hydrogens (tertiary/aromatic N) is 1. The molecule has 52 heavy (non-hydrogen) atoms. The molecule has 7 nitrogen and oxygen atoms in total. The summed E-state index contributed by atoms with van der Waals surface area (Å²) < 4.78 is 12.4. The molecule has 0 aliphatic carbocycles. The van der Waals surface area contributed by atoms with E-state index in [4.69, 9.17) is 19.7 Å². The first-order chi connectivity index (χ1) is 25.4. The van der Waals surface area contributed by atoms with Gasteiger partial charge in [-0.05, 0) is 109 Å². The van der Waals surface area contributed by atoms with Gasteiger partial charge < -0.3 is 24.6 Å². The van der Waals surface area contributed by atoms with Crippen molar-refractivity contribution < 1.29 is 29.3 Å². The standard InChI is InChI=1S/C45H77NO6/c1-46(2)40-41-37-42(51-35-31-27-23-19-15-11-7-3-5-9-13-17-21-25-29-33-44(47)48)39-43(38-41)52-36-32-28-24-20-16-12-8-4-6-10-14-18-22-26-30-34-45(49)50/h5-6,9-10,37-39H,3-4,7-8,11-36,40H2,1-2H3,(H,47,48)(H,49,50). The Morgan fingerprint density at radius 2 is 0.788 bits per heavy atom. The smallest absolute Gasteiger partial charge is 0.303 e. The molecule has 0 saturated carbocycles. The summed E-state index contributed by atoms with van der Waals surface area (Å²) in [6.07, 6.45) is 40.2. The number of aliphatic carboxylic acids is 2. The molecule has 1 aromatic carbocycles. The molecule has 1 rings (SSSR count). The summed E-state index contributed by atoms with van der Waals surface area (Å²) in [5.74, 6) is 0.478. The second kappa shape index (κ2) is 35.2. The molecule has 298 valence electrons. The number of carbonyl (C=O) groups is 2. The number of rotatable bonds is 38. The van der Waals surface area contributed by atoms with Crippen molar-refractivity contribution in [1.29, 1.82) is 0 Å². The van der Waals surface area contributed by atoms with Gasteiger partial charge in [0.1, 0.15) is 11.5 Å². The maximum atomic E-state index is 10.5. The van der Waals surface area contributed by atoms with E-state index in [0.29, 0.717) is 12.8 Å². The van der Waals surface area contributed by atoms with Crippen molar-refractivity contribution in [3.8, 4) is 11.5 Å². The number of unbranched alkanes of at least 4 members (excludes halogenated alkanes) is 22. The van der Waals surface area contributed by atoms with Gasteiger partial charge in [0.25, 0.3) is 0 Å². The van der Waals surface area contributed by atoms with E-state index in [9.17, 15) is 9.59 Å². The van der Waals surface area contributed by atoms with E-state index in [1.54, 1.807) is 0 Å². The maximum Gasteiger partial charge on any atom is 0.303 e. The summed E-state index contributed by atoms with van der Waals surface area (Å²) in [4.78, 5) is 23.2. The summed E-state index contributed by atoms with van der Waals surface area (Å²) in [6, 6.07) is 6.38. The minimum absolute atomic E-state index is 0.304. The van der Waals surface area contributed by atoms with Crippen LogP contribution in [0.3, 0.4) is 0 Å². The molecule has 0 bridgehead atoms. The molecule has 0 aliphatic rings. The van der Waals surface area contributed by atoms with Crippen molar-refractivity contribution in [3.05, 3.63) is 48.1 Å². The number of benzene rings is 1. The number of hydrogen-bond acceptors (Lipinski definition) is 5. The van der Waals surface area contributed by atoms with Crippen LogP contribution in [-0.4, -0.2) is 54.4 Å². The number of carboxylic acids is 2. The zero-order valence-electron chi connectivity index (χ0n) is 33.4. The molecule has 0 fully saturated rings. The Hall–Kier alpha value is -2.80. The van der Waals surface area contributed by atoms with Gasteiger partial charge in [-0.15, -0.1) is 0 Å². The Bertz CT molecular complexity index is 978. The van der Waals surface area contributed by atoms with Gasteiger partial charge in [-0.1, -0.05) is 114 Å². The van der Waals surface area contributed by atoms with E-state index in [1.807, 2.05) is 0 Å². The Morgan fingerprint density at radius 1 is 0.481 bits per heavy atom. The van der Waals surface area contributed by atoms with Crippen LogP contribution in [0.25, 0.3) is 0 Å². The molecule has 0 atom stereocenters. The van der Waals surface area contributed by atoms with Gasteiger partial charge >= 0.3 is 11.9 Å². The molecule has 0 spiro atoms. The number of hydrogen-bond donors (Lipinski definition) is 2. The Balaban J connectivity index is 2.06. The van der Waals surface area contributed by atoms with Crippen LogP contribution in [0, 0.1) is 0 Å². The molecule has 0 aromatic heterocycles. The summed E-state index contributed by atoms with van der Waals surface area (Å²) in [6.45, 7) is 2.37. The number of ether oxygens (including phenoxy) is 2. The van der Waals surface area contributed by atoms with Crippen LogP contribution in [0.1, 0.15) is 185 Å². The van der Waals surface area contributed by atoms with E-state index >= 15 is 0 Å². The highest BCUT2D eigenvalue weighted by Gasteiger charge is 2.06. The number of allylic oxidation sites excluding steroid dienone is 4.